The highest BCUT2D eigenvalue weighted by molar-refractivity contribution is 9.10. The Hall–Kier alpha value is -1.01. The van der Waals surface area contributed by atoms with E-state index in [4.69, 9.17) is 0 Å². The van der Waals surface area contributed by atoms with E-state index in [1.807, 2.05) is 19.4 Å². The zero-order chi connectivity index (χ0) is 10.8. The minimum atomic E-state index is 0.662. The van der Waals surface area contributed by atoms with E-state index in [0.29, 0.717) is 5.82 Å². The zero-order valence-corrected chi connectivity index (χ0v) is 10.7. The van der Waals surface area contributed by atoms with Gasteiger partial charge in [-0.2, -0.15) is 0 Å². The minimum absolute atomic E-state index is 0.662. The van der Waals surface area contributed by atoms with Crippen molar-refractivity contribution in [2.45, 2.75) is 6.92 Å². The van der Waals surface area contributed by atoms with Gasteiger partial charge >= 0.3 is 0 Å². The van der Waals surface area contributed by atoms with Crippen LogP contribution < -0.4 is 5.32 Å². The van der Waals surface area contributed by atoms with Crippen LogP contribution in [0, 0.1) is 6.92 Å². The molecule has 1 N–H and O–H groups in total. The van der Waals surface area contributed by atoms with Crippen LogP contribution in [0.5, 0.6) is 0 Å². The van der Waals surface area contributed by atoms with Gasteiger partial charge in [0.05, 0.1) is 10.2 Å². The van der Waals surface area contributed by atoms with Gasteiger partial charge in [0, 0.05) is 18.6 Å². The Balaban J connectivity index is 2.55. The molecule has 78 valence electrons. The van der Waals surface area contributed by atoms with Crippen molar-refractivity contribution < 1.29 is 0 Å². The molecule has 0 radical (unpaired) electrons. The molecule has 0 fully saturated rings. The highest BCUT2D eigenvalue weighted by atomic mass is 79.9. The smallest absolute Gasteiger partial charge is 0.190 e. The summed E-state index contributed by atoms with van der Waals surface area (Å²) in [5.41, 5.74) is 0.902. The zero-order valence-electron chi connectivity index (χ0n) is 8.28. The highest BCUT2D eigenvalue weighted by Gasteiger charge is 2.10. The van der Waals surface area contributed by atoms with E-state index in [1.165, 1.54) is 11.3 Å². The van der Waals surface area contributed by atoms with Gasteiger partial charge in [0.25, 0.3) is 0 Å². The van der Waals surface area contributed by atoms with Gasteiger partial charge in [-0.25, -0.2) is 15.0 Å². The number of aryl methyl sites for hydroxylation is 1. The molecule has 0 aliphatic rings. The lowest BCUT2D eigenvalue weighted by Gasteiger charge is -2.06. The maximum absolute atomic E-state index is 4.37. The van der Waals surface area contributed by atoms with Gasteiger partial charge in [-0.3, -0.25) is 0 Å². The molecule has 0 bridgehead atoms. The third-order valence-corrected chi connectivity index (χ3v) is 3.60. The maximum Gasteiger partial charge on any atom is 0.190 e. The fourth-order valence-electron chi connectivity index (χ4n) is 1.15. The number of nitrogens with one attached hydrogen (secondary N) is 1. The van der Waals surface area contributed by atoms with E-state index in [-0.39, 0.29) is 0 Å². The van der Waals surface area contributed by atoms with Gasteiger partial charge in [0.2, 0.25) is 0 Å². The fourth-order valence-corrected chi connectivity index (χ4v) is 2.10. The van der Waals surface area contributed by atoms with E-state index in [0.717, 1.165) is 21.0 Å². The van der Waals surface area contributed by atoms with Crippen molar-refractivity contribution in [2.75, 3.05) is 12.4 Å². The van der Waals surface area contributed by atoms with Crippen molar-refractivity contribution in [1.82, 2.24) is 15.0 Å². The lowest BCUT2D eigenvalue weighted by Crippen LogP contribution is -2.00. The molecule has 2 aromatic heterocycles. The number of halogens is 1. The van der Waals surface area contributed by atoms with Crippen LogP contribution in [0.4, 0.5) is 5.82 Å². The van der Waals surface area contributed by atoms with Crippen LogP contribution in [0.25, 0.3) is 10.8 Å². The number of thiazole rings is 1. The topological polar surface area (TPSA) is 50.7 Å². The van der Waals surface area contributed by atoms with Gasteiger partial charge < -0.3 is 5.32 Å². The summed E-state index contributed by atoms with van der Waals surface area (Å²) in [7, 11) is 1.83. The fraction of sp³-hybridized carbons (Fsp3) is 0.222. The summed E-state index contributed by atoms with van der Waals surface area (Å²) in [6, 6.07) is 0. The molecule has 6 heteroatoms. The number of aromatic nitrogens is 3. The molecule has 0 saturated carbocycles. The first kappa shape index (κ1) is 10.5. The van der Waals surface area contributed by atoms with Crippen molar-refractivity contribution in [3.63, 3.8) is 0 Å². The molecule has 0 aromatic carbocycles. The summed E-state index contributed by atoms with van der Waals surface area (Å²) in [6.45, 7) is 1.93. The third kappa shape index (κ3) is 2.00. The van der Waals surface area contributed by atoms with Crippen LogP contribution in [0.3, 0.4) is 0 Å². The monoisotopic (exact) mass is 284 g/mol. The largest absolute Gasteiger partial charge is 0.372 e. The molecule has 15 heavy (non-hydrogen) atoms. The second-order valence-electron chi connectivity index (χ2n) is 2.88. The maximum atomic E-state index is 4.37. The van der Waals surface area contributed by atoms with Crippen molar-refractivity contribution >= 4 is 33.1 Å². The summed E-state index contributed by atoms with van der Waals surface area (Å²) < 4.78 is 0.894. The Morgan fingerprint density at radius 3 is 2.80 bits per heavy atom. The Morgan fingerprint density at radius 2 is 2.20 bits per heavy atom. The second kappa shape index (κ2) is 4.24. The van der Waals surface area contributed by atoms with E-state index < -0.39 is 0 Å². The second-order valence-corrected chi connectivity index (χ2v) is 4.57. The first-order chi connectivity index (χ1) is 7.22. The molecule has 2 aromatic rings. The molecule has 0 amide bonds. The van der Waals surface area contributed by atoms with Crippen LogP contribution in [0.15, 0.2) is 16.0 Å². The van der Waals surface area contributed by atoms with Gasteiger partial charge in [-0.1, -0.05) is 0 Å². The van der Waals surface area contributed by atoms with E-state index in [1.54, 1.807) is 6.20 Å². The summed E-state index contributed by atoms with van der Waals surface area (Å²) in [6.07, 6.45) is 1.75. The molecule has 0 aliphatic heterocycles. The molecular weight excluding hydrogens is 276 g/mol. The molecule has 0 atom stereocenters. The van der Waals surface area contributed by atoms with Crippen LogP contribution in [-0.4, -0.2) is 22.0 Å². The average molecular weight is 285 g/mol. The van der Waals surface area contributed by atoms with Crippen molar-refractivity contribution in [2.24, 2.45) is 0 Å². The number of rotatable bonds is 2. The number of anilines is 1. The number of hydrogen-bond donors (Lipinski definition) is 1. The average Bonchev–Trinajstić information content (AvgIpc) is 2.75. The summed E-state index contributed by atoms with van der Waals surface area (Å²) in [5.74, 6) is 1.45. The molecule has 0 spiro atoms. The van der Waals surface area contributed by atoms with Crippen molar-refractivity contribution in [1.29, 1.82) is 0 Å². The van der Waals surface area contributed by atoms with E-state index in [2.05, 4.69) is 36.2 Å². The minimum Gasteiger partial charge on any atom is -0.372 e. The van der Waals surface area contributed by atoms with Gasteiger partial charge in [0.15, 0.2) is 10.8 Å². The quantitative estimate of drug-likeness (QED) is 0.921. The molecule has 0 aliphatic carbocycles. The first-order valence-corrected chi connectivity index (χ1v) is 6.01. The summed E-state index contributed by atoms with van der Waals surface area (Å²) in [5, 5.41) is 5.76. The first-order valence-electron chi connectivity index (χ1n) is 4.34. The van der Waals surface area contributed by atoms with E-state index in [9.17, 15) is 0 Å². The normalized spacial score (nSPS) is 10.3. The number of nitrogens with zero attached hydrogens (tertiary/aromatic N) is 3. The predicted octanol–water partition coefficient (Wildman–Crippen LogP) is 2.71. The number of hydrogen-bond acceptors (Lipinski definition) is 5. The molecule has 4 nitrogen and oxygen atoms in total. The van der Waals surface area contributed by atoms with E-state index >= 15 is 0 Å². The van der Waals surface area contributed by atoms with Gasteiger partial charge in [0.1, 0.15) is 5.82 Å². The molecule has 0 saturated heterocycles. The third-order valence-electron chi connectivity index (χ3n) is 1.88. The predicted molar refractivity (Wildman–Crippen MR) is 65.1 cm³/mol. The lowest BCUT2D eigenvalue weighted by atomic mass is 10.4. The van der Waals surface area contributed by atoms with Crippen LogP contribution in [0.1, 0.15) is 5.69 Å². The highest BCUT2D eigenvalue weighted by Crippen LogP contribution is 2.26. The Bertz CT molecular complexity index is 469. The van der Waals surface area contributed by atoms with Crippen LogP contribution in [-0.2, 0) is 0 Å². The van der Waals surface area contributed by atoms with Crippen LogP contribution in [0.2, 0.25) is 0 Å². The molecular formula is C9H9BrN4S. The van der Waals surface area contributed by atoms with Gasteiger partial charge in [-0.15, -0.1) is 11.3 Å². The van der Waals surface area contributed by atoms with Gasteiger partial charge in [-0.05, 0) is 22.9 Å². The Morgan fingerprint density at radius 1 is 1.40 bits per heavy atom. The Labute approximate surface area is 99.9 Å². The summed E-state index contributed by atoms with van der Waals surface area (Å²) in [4.78, 5) is 12.9. The molecule has 0 unspecified atom stereocenters. The standard InChI is InChI=1S/C9H9BrN4S/c1-5-6(10)7(11-2)14-8(13-5)9-12-3-4-15-9/h3-4H,1-2H3,(H,11,13,14). The Kier molecular flexibility index (Phi) is 2.97. The SMILES string of the molecule is CNc1nc(-c2nccs2)nc(C)c1Br. The van der Waals surface area contributed by atoms with Crippen molar-refractivity contribution in [3.8, 4) is 10.8 Å². The lowest BCUT2D eigenvalue weighted by molar-refractivity contribution is 1.08. The molecule has 2 rings (SSSR count). The van der Waals surface area contributed by atoms with Crippen LogP contribution >= 0.6 is 27.3 Å². The van der Waals surface area contributed by atoms with Crippen molar-refractivity contribution in [3.05, 3.63) is 21.7 Å². The summed E-state index contributed by atoms with van der Waals surface area (Å²) >= 11 is 4.96. The molecule has 2 heterocycles.